The molecular weight excluding hydrogens is 326 g/mol. The van der Waals surface area contributed by atoms with E-state index in [0.29, 0.717) is 18.4 Å². The van der Waals surface area contributed by atoms with Crippen molar-refractivity contribution in [1.82, 2.24) is 19.7 Å². The van der Waals surface area contributed by atoms with Crippen LogP contribution in [0.2, 0.25) is 0 Å². The van der Waals surface area contributed by atoms with Gasteiger partial charge in [-0.2, -0.15) is 4.98 Å². The van der Waals surface area contributed by atoms with Gasteiger partial charge in [0, 0.05) is 31.5 Å². The van der Waals surface area contributed by atoms with Crippen LogP contribution in [0.3, 0.4) is 0 Å². The number of hydrogen-bond donors (Lipinski definition) is 0. The molecule has 0 aliphatic rings. The summed E-state index contributed by atoms with van der Waals surface area (Å²) in [6.07, 6.45) is 3.81. The van der Waals surface area contributed by atoms with Gasteiger partial charge in [-0.15, -0.1) is 0 Å². The molecule has 0 aliphatic heterocycles. The first-order chi connectivity index (χ1) is 12.8. The molecule has 6 heteroatoms. The molecule has 0 unspecified atom stereocenters. The molecule has 0 N–H and O–H groups in total. The summed E-state index contributed by atoms with van der Waals surface area (Å²) in [4.78, 5) is 10.9. The fourth-order valence-corrected chi connectivity index (χ4v) is 2.77. The third-order valence-electron chi connectivity index (χ3n) is 4.15. The van der Waals surface area contributed by atoms with E-state index in [9.17, 15) is 0 Å². The van der Waals surface area contributed by atoms with Crippen LogP contribution in [0.25, 0.3) is 11.5 Å². The molecule has 0 saturated carbocycles. The maximum absolute atomic E-state index is 5.39. The molecule has 0 bridgehead atoms. The summed E-state index contributed by atoms with van der Waals surface area (Å²) in [6.45, 7) is 1.37. The second-order valence-electron chi connectivity index (χ2n) is 6.08. The van der Waals surface area contributed by atoms with E-state index in [0.717, 1.165) is 17.9 Å². The second kappa shape index (κ2) is 7.23. The first-order valence-corrected chi connectivity index (χ1v) is 8.44. The zero-order chi connectivity index (χ0) is 17.8. The maximum Gasteiger partial charge on any atom is 0.266 e. The van der Waals surface area contributed by atoms with Crippen molar-refractivity contribution in [2.75, 3.05) is 11.9 Å². The maximum atomic E-state index is 5.39. The van der Waals surface area contributed by atoms with Crippen LogP contribution >= 0.6 is 0 Å². The Morgan fingerprint density at radius 3 is 2.50 bits per heavy atom. The first-order valence-electron chi connectivity index (χ1n) is 8.44. The van der Waals surface area contributed by atoms with E-state index in [2.05, 4.69) is 31.8 Å². The molecule has 0 saturated heterocycles. The monoisotopic (exact) mass is 345 g/mol. The normalized spacial score (nSPS) is 10.8. The topological polar surface area (TPSA) is 60.0 Å². The number of rotatable bonds is 6. The van der Waals surface area contributed by atoms with Crippen molar-refractivity contribution >= 4 is 5.95 Å². The smallest absolute Gasteiger partial charge is 0.266 e. The van der Waals surface area contributed by atoms with Crippen LogP contribution < -0.4 is 4.90 Å². The minimum absolute atomic E-state index is 0.514. The summed E-state index contributed by atoms with van der Waals surface area (Å²) in [5.41, 5.74) is 2.14. The van der Waals surface area contributed by atoms with E-state index in [4.69, 9.17) is 4.52 Å². The molecule has 0 atom stereocenters. The van der Waals surface area contributed by atoms with Gasteiger partial charge in [0.1, 0.15) is 5.82 Å². The van der Waals surface area contributed by atoms with Crippen molar-refractivity contribution < 1.29 is 4.52 Å². The minimum atomic E-state index is 0.514. The predicted molar refractivity (Wildman–Crippen MR) is 99.6 cm³/mol. The predicted octanol–water partition coefficient (Wildman–Crippen LogP) is 3.62. The molecule has 26 heavy (non-hydrogen) atoms. The molecule has 2 aromatic heterocycles. The van der Waals surface area contributed by atoms with Crippen LogP contribution in [0.1, 0.15) is 11.4 Å². The van der Waals surface area contributed by atoms with Crippen LogP contribution in [0.5, 0.6) is 0 Å². The SMILES string of the molecule is CN(Cc1nccn1Cc1ccccc1)c1noc(-c2ccccc2)n1. The summed E-state index contributed by atoms with van der Waals surface area (Å²) < 4.78 is 7.52. The Morgan fingerprint density at radius 2 is 1.73 bits per heavy atom. The quantitative estimate of drug-likeness (QED) is 0.534. The molecule has 2 heterocycles. The highest BCUT2D eigenvalue weighted by Crippen LogP contribution is 2.20. The second-order valence-corrected chi connectivity index (χ2v) is 6.08. The Kier molecular flexibility index (Phi) is 4.47. The highest BCUT2D eigenvalue weighted by Gasteiger charge is 2.14. The Balaban J connectivity index is 1.48. The molecule has 130 valence electrons. The molecule has 0 aliphatic carbocycles. The van der Waals surface area contributed by atoms with Crippen molar-refractivity contribution in [3.05, 3.63) is 84.4 Å². The third-order valence-corrected chi connectivity index (χ3v) is 4.15. The Labute approximate surface area is 151 Å². The lowest BCUT2D eigenvalue weighted by Crippen LogP contribution is -2.21. The van der Waals surface area contributed by atoms with Crippen molar-refractivity contribution in [3.8, 4) is 11.5 Å². The van der Waals surface area contributed by atoms with Crippen molar-refractivity contribution in [2.24, 2.45) is 0 Å². The van der Waals surface area contributed by atoms with Gasteiger partial charge in [0.2, 0.25) is 0 Å². The van der Waals surface area contributed by atoms with Crippen molar-refractivity contribution in [1.29, 1.82) is 0 Å². The van der Waals surface area contributed by atoms with Crippen molar-refractivity contribution in [2.45, 2.75) is 13.1 Å². The van der Waals surface area contributed by atoms with Crippen LogP contribution in [-0.2, 0) is 13.1 Å². The zero-order valence-corrected chi connectivity index (χ0v) is 14.5. The van der Waals surface area contributed by atoms with Gasteiger partial charge in [-0.25, -0.2) is 4.98 Å². The third kappa shape index (κ3) is 3.49. The lowest BCUT2D eigenvalue weighted by Gasteiger charge is -2.15. The summed E-state index contributed by atoms with van der Waals surface area (Å²) in [5, 5.41) is 4.09. The van der Waals surface area contributed by atoms with E-state index in [1.165, 1.54) is 5.56 Å². The van der Waals surface area contributed by atoms with Crippen LogP contribution in [-0.4, -0.2) is 26.7 Å². The van der Waals surface area contributed by atoms with Gasteiger partial charge >= 0.3 is 0 Å². The largest absolute Gasteiger partial charge is 0.334 e. The van der Waals surface area contributed by atoms with E-state index in [-0.39, 0.29) is 0 Å². The van der Waals surface area contributed by atoms with Crippen LogP contribution in [0.4, 0.5) is 5.95 Å². The summed E-state index contributed by atoms with van der Waals surface area (Å²) in [6, 6.07) is 20.1. The summed E-state index contributed by atoms with van der Waals surface area (Å²) in [5.74, 6) is 2.00. The fraction of sp³-hybridized carbons (Fsp3) is 0.150. The summed E-state index contributed by atoms with van der Waals surface area (Å²) in [7, 11) is 1.93. The highest BCUT2D eigenvalue weighted by molar-refractivity contribution is 5.53. The number of imidazole rings is 1. The number of hydrogen-bond acceptors (Lipinski definition) is 5. The Hall–Kier alpha value is -3.41. The Morgan fingerprint density at radius 1 is 1.00 bits per heavy atom. The van der Waals surface area contributed by atoms with Crippen LogP contribution in [0.15, 0.2) is 77.6 Å². The lowest BCUT2D eigenvalue weighted by atomic mass is 10.2. The molecule has 0 fully saturated rings. The first kappa shape index (κ1) is 16.1. The molecule has 4 aromatic rings. The summed E-state index contributed by atoms with van der Waals surface area (Å²) >= 11 is 0. The van der Waals surface area contributed by atoms with E-state index >= 15 is 0 Å². The average Bonchev–Trinajstić information content (AvgIpc) is 3.34. The van der Waals surface area contributed by atoms with E-state index in [1.807, 2.05) is 72.9 Å². The Bertz CT molecular complexity index is 962. The molecule has 0 spiro atoms. The van der Waals surface area contributed by atoms with Gasteiger partial charge in [-0.1, -0.05) is 48.5 Å². The van der Waals surface area contributed by atoms with Gasteiger partial charge in [0.15, 0.2) is 0 Å². The molecule has 2 aromatic carbocycles. The van der Waals surface area contributed by atoms with Gasteiger partial charge in [0.25, 0.3) is 11.8 Å². The minimum Gasteiger partial charge on any atom is -0.334 e. The average molecular weight is 345 g/mol. The van der Waals surface area contributed by atoms with Gasteiger partial charge in [-0.3, -0.25) is 0 Å². The van der Waals surface area contributed by atoms with E-state index < -0.39 is 0 Å². The van der Waals surface area contributed by atoms with Gasteiger partial charge < -0.3 is 14.0 Å². The van der Waals surface area contributed by atoms with Gasteiger partial charge in [-0.05, 0) is 22.9 Å². The van der Waals surface area contributed by atoms with Crippen LogP contribution in [0, 0.1) is 0 Å². The molecular formula is C20H19N5O. The number of benzene rings is 2. The van der Waals surface area contributed by atoms with E-state index in [1.54, 1.807) is 0 Å². The molecule has 6 nitrogen and oxygen atoms in total. The number of aromatic nitrogens is 4. The highest BCUT2D eigenvalue weighted by atomic mass is 16.5. The van der Waals surface area contributed by atoms with Gasteiger partial charge in [0.05, 0.1) is 6.54 Å². The number of nitrogens with zero attached hydrogens (tertiary/aromatic N) is 5. The number of anilines is 1. The molecule has 0 amide bonds. The molecule has 4 rings (SSSR count). The fourth-order valence-electron chi connectivity index (χ4n) is 2.77. The lowest BCUT2D eigenvalue weighted by molar-refractivity contribution is 0.429. The molecule has 0 radical (unpaired) electrons. The standard InChI is InChI=1S/C20H19N5O/c1-24(20-22-19(26-23-20)17-10-6-3-7-11-17)15-18-21-12-13-25(18)14-16-8-4-2-5-9-16/h2-13H,14-15H2,1H3. The van der Waals surface area contributed by atoms with Crippen molar-refractivity contribution in [3.63, 3.8) is 0 Å². The zero-order valence-electron chi connectivity index (χ0n) is 14.5.